The second-order valence-electron chi connectivity index (χ2n) is 4.49. The number of sulfonamides is 1. The molecule has 0 aliphatic rings. The standard InChI is InChI=1S/C13H15BrClN3O2S/c1-3-18-8-12(14)13(16-18)9-17(2)21(19,20)11-6-4-10(15)5-7-11/h4-8H,3,9H2,1-2H3. The van der Waals surface area contributed by atoms with Gasteiger partial charge in [-0.1, -0.05) is 11.6 Å². The fraction of sp³-hybridized carbons (Fsp3) is 0.308. The Morgan fingerprint density at radius 2 is 1.95 bits per heavy atom. The molecule has 2 rings (SSSR count). The highest BCUT2D eigenvalue weighted by Crippen LogP contribution is 2.21. The Labute approximate surface area is 137 Å². The number of hydrogen-bond donors (Lipinski definition) is 0. The van der Waals surface area contributed by atoms with Gasteiger partial charge in [-0.2, -0.15) is 9.40 Å². The van der Waals surface area contributed by atoms with Crippen LogP contribution in [-0.4, -0.2) is 29.6 Å². The summed E-state index contributed by atoms with van der Waals surface area (Å²) in [6.07, 6.45) is 1.83. The Hall–Kier alpha value is -0.890. The van der Waals surface area contributed by atoms with Gasteiger partial charge in [0.25, 0.3) is 0 Å². The lowest BCUT2D eigenvalue weighted by atomic mass is 10.4. The maximum Gasteiger partial charge on any atom is 0.243 e. The van der Waals surface area contributed by atoms with Crippen LogP contribution in [0.2, 0.25) is 5.02 Å². The molecule has 114 valence electrons. The zero-order valence-corrected chi connectivity index (χ0v) is 14.8. The van der Waals surface area contributed by atoms with Crippen LogP contribution in [0.4, 0.5) is 0 Å². The van der Waals surface area contributed by atoms with Crippen LogP contribution in [0.1, 0.15) is 12.6 Å². The van der Waals surface area contributed by atoms with Crippen LogP contribution in [0.3, 0.4) is 0 Å². The number of aryl methyl sites for hydroxylation is 1. The molecule has 0 bridgehead atoms. The van der Waals surface area contributed by atoms with E-state index in [1.165, 1.54) is 23.5 Å². The Morgan fingerprint density at radius 3 is 2.48 bits per heavy atom. The summed E-state index contributed by atoms with van der Waals surface area (Å²) in [5, 5.41) is 4.83. The second kappa shape index (κ2) is 6.48. The van der Waals surface area contributed by atoms with Crippen LogP contribution >= 0.6 is 27.5 Å². The first-order valence-electron chi connectivity index (χ1n) is 6.28. The lowest BCUT2D eigenvalue weighted by Gasteiger charge is -2.16. The average Bonchev–Trinajstić information content (AvgIpc) is 2.80. The van der Waals surface area contributed by atoms with E-state index >= 15 is 0 Å². The normalized spacial score (nSPS) is 12.0. The van der Waals surface area contributed by atoms with Crippen molar-refractivity contribution in [1.29, 1.82) is 0 Å². The monoisotopic (exact) mass is 391 g/mol. The fourth-order valence-electron chi connectivity index (χ4n) is 1.79. The van der Waals surface area contributed by atoms with E-state index in [0.717, 1.165) is 11.0 Å². The predicted molar refractivity (Wildman–Crippen MR) is 85.7 cm³/mol. The van der Waals surface area contributed by atoms with Crippen LogP contribution in [0, 0.1) is 0 Å². The molecule has 2 aromatic rings. The zero-order valence-electron chi connectivity index (χ0n) is 11.6. The minimum absolute atomic E-state index is 0.193. The summed E-state index contributed by atoms with van der Waals surface area (Å²) < 4.78 is 28.8. The van der Waals surface area contributed by atoms with Crippen molar-refractivity contribution in [3.05, 3.63) is 45.7 Å². The number of benzene rings is 1. The van der Waals surface area contributed by atoms with Crippen molar-refractivity contribution in [3.8, 4) is 0 Å². The van der Waals surface area contributed by atoms with Gasteiger partial charge in [0, 0.05) is 24.8 Å². The highest BCUT2D eigenvalue weighted by atomic mass is 79.9. The van der Waals surface area contributed by atoms with Gasteiger partial charge in [-0.15, -0.1) is 0 Å². The lowest BCUT2D eigenvalue weighted by Crippen LogP contribution is -2.26. The summed E-state index contributed by atoms with van der Waals surface area (Å²) in [6, 6.07) is 6.11. The Balaban J connectivity index is 2.24. The minimum atomic E-state index is -3.56. The predicted octanol–water partition coefficient (Wildman–Crippen LogP) is 3.14. The van der Waals surface area contributed by atoms with Gasteiger partial charge in [0.15, 0.2) is 0 Å². The summed E-state index contributed by atoms with van der Waals surface area (Å²) in [4.78, 5) is 0.209. The first kappa shape index (κ1) is 16.5. The van der Waals surface area contributed by atoms with E-state index in [4.69, 9.17) is 11.6 Å². The molecule has 8 heteroatoms. The molecule has 0 spiro atoms. The Morgan fingerprint density at radius 1 is 1.33 bits per heavy atom. The van der Waals surface area contributed by atoms with Crippen LogP contribution < -0.4 is 0 Å². The number of halogens is 2. The largest absolute Gasteiger partial charge is 0.272 e. The third-order valence-electron chi connectivity index (χ3n) is 3.01. The van der Waals surface area contributed by atoms with Gasteiger partial charge in [0.2, 0.25) is 10.0 Å². The Kier molecular flexibility index (Phi) is 5.08. The number of rotatable bonds is 5. The zero-order chi connectivity index (χ0) is 15.6. The maximum absolute atomic E-state index is 12.5. The molecule has 5 nitrogen and oxygen atoms in total. The third kappa shape index (κ3) is 3.66. The number of hydrogen-bond acceptors (Lipinski definition) is 3. The van der Waals surface area contributed by atoms with Gasteiger partial charge in [-0.05, 0) is 47.1 Å². The number of nitrogens with zero attached hydrogens (tertiary/aromatic N) is 3. The number of aromatic nitrogens is 2. The fourth-order valence-corrected chi connectivity index (χ4v) is 3.49. The Bertz CT molecular complexity index is 728. The first-order chi connectivity index (χ1) is 9.84. The van der Waals surface area contributed by atoms with Gasteiger partial charge in [0.1, 0.15) is 0 Å². The molecule has 0 saturated heterocycles. The maximum atomic E-state index is 12.5. The van der Waals surface area contributed by atoms with E-state index in [1.807, 2.05) is 13.1 Å². The molecule has 21 heavy (non-hydrogen) atoms. The molecule has 0 saturated carbocycles. The summed E-state index contributed by atoms with van der Waals surface area (Å²) in [5.41, 5.74) is 0.678. The molecule has 0 fully saturated rings. The van der Waals surface area contributed by atoms with Crippen molar-refractivity contribution in [1.82, 2.24) is 14.1 Å². The molecule has 1 aromatic heterocycles. The topological polar surface area (TPSA) is 55.2 Å². The van der Waals surface area contributed by atoms with Gasteiger partial charge >= 0.3 is 0 Å². The van der Waals surface area contributed by atoms with Crippen LogP contribution in [0.15, 0.2) is 39.8 Å². The second-order valence-corrected chi connectivity index (χ2v) is 7.83. The summed E-state index contributed by atoms with van der Waals surface area (Å²) in [6.45, 7) is 2.89. The van der Waals surface area contributed by atoms with E-state index in [9.17, 15) is 8.42 Å². The lowest BCUT2D eigenvalue weighted by molar-refractivity contribution is 0.458. The smallest absolute Gasteiger partial charge is 0.243 e. The van der Waals surface area contributed by atoms with Gasteiger partial charge in [-0.25, -0.2) is 8.42 Å². The molecule has 0 radical (unpaired) electrons. The van der Waals surface area contributed by atoms with Crippen molar-refractivity contribution >= 4 is 37.6 Å². The summed E-state index contributed by atoms with van der Waals surface area (Å²) in [5.74, 6) is 0. The van der Waals surface area contributed by atoms with Crippen LogP contribution in [0.25, 0.3) is 0 Å². The van der Waals surface area contributed by atoms with E-state index < -0.39 is 10.0 Å². The average molecular weight is 393 g/mol. The molecule has 0 aliphatic heterocycles. The van der Waals surface area contributed by atoms with Crippen molar-refractivity contribution < 1.29 is 8.42 Å². The van der Waals surface area contributed by atoms with Crippen molar-refractivity contribution in [2.24, 2.45) is 0 Å². The molecule has 0 amide bonds. The molecule has 1 heterocycles. The van der Waals surface area contributed by atoms with Gasteiger partial charge in [-0.3, -0.25) is 4.68 Å². The van der Waals surface area contributed by atoms with Gasteiger partial charge in [0.05, 0.1) is 21.6 Å². The molecular weight excluding hydrogens is 378 g/mol. The minimum Gasteiger partial charge on any atom is -0.272 e. The highest BCUT2D eigenvalue weighted by molar-refractivity contribution is 9.10. The van der Waals surface area contributed by atoms with Crippen molar-refractivity contribution in [3.63, 3.8) is 0 Å². The van der Waals surface area contributed by atoms with E-state index in [1.54, 1.807) is 16.8 Å². The quantitative estimate of drug-likeness (QED) is 0.785. The molecular formula is C13H15BrClN3O2S. The van der Waals surface area contributed by atoms with E-state index in [2.05, 4.69) is 21.0 Å². The van der Waals surface area contributed by atoms with Crippen molar-refractivity contribution in [2.45, 2.75) is 24.9 Å². The highest BCUT2D eigenvalue weighted by Gasteiger charge is 2.22. The molecule has 0 atom stereocenters. The van der Waals surface area contributed by atoms with Crippen LogP contribution in [-0.2, 0) is 23.1 Å². The third-order valence-corrected chi connectivity index (χ3v) is 5.74. The SMILES string of the molecule is CCn1cc(Br)c(CN(C)S(=O)(=O)c2ccc(Cl)cc2)n1. The summed E-state index contributed by atoms with van der Waals surface area (Å²) >= 11 is 9.18. The van der Waals surface area contributed by atoms with Crippen molar-refractivity contribution in [2.75, 3.05) is 7.05 Å². The van der Waals surface area contributed by atoms with E-state index in [0.29, 0.717) is 10.7 Å². The summed E-state index contributed by atoms with van der Waals surface area (Å²) in [7, 11) is -2.03. The molecule has 1 aromatic carbocycles. The molecule has 0 aliphatic carbocycles. The molecule has 0 N–H and O–H groups in total. The van der Waals surface area contributed by atoms with Crippen LogP contribution in [0.5, 0.6) is 0 Å². The van der Waals surface area contributed by atoms with Gasteiger partial charge < -0.3 is 0 Å². The first-order valence-corrected chi connectivity index (χ1v) is 8.89. The van der Waals surface area contributed by atoms with E-state index in [-0.39, 0.29) is 11.4 Å². The molecule has 0 unspecified atom stereocenters.